The molecule has 4 fully saturated rings. The number of aliphatic hydroxyl groups is 1. The van der Waals surface area contributed by atoms with E-state index >= 15 is 0 Å². The minimum absolute atomic E-state index is 0. The molecule has 0 aromatic heterocycles. The molecule has 0 radical (unpaired) electrons. The molecule has 8 rings (SSSR count). The maximum atomic E-state index is 12.5. The average Bonchev–Trinajstić information content (AvgIpc) is 0.809. The summed E-state index contributed by atoms with van der Waals surface area (Å²) in [6, 6.07) is 34.4. The molecule has 33 nitrogen and oxygen atoms in total. The number of methoxy groups -OCH3 is 4. The molecule has 5 amide bonds. The Bertz CT molecular complexity index is 4570. The first-order valence-corrected chi connectivity index (χ1v) is 49.6. The third-order valence-corrected chi connectivity index (χ3v) is 20.9. The molecule has 4 aliphatic heterocycles. The largest absolute Gasteiger partial charge is 0.497 e. The molecule has 4 aromatic rings. The van der Waals surface area contributed by atoms with Gasteiger partial charge in [0.25, 0.3) is 0 Å². The number of amides is 5. The molecule has 6 atom stereocenters. The van der Waals surface area contributed by atoms with Crippen molar-refractivity contribution in [3.8, 4) is 35.1 Å². The first-order valence-electron chi connectivity index (χ1n) is 48.7. The highest BCUT2D eigenvalue weighted by molar-refractivity contribution is 9.09. The normalized spacial score (nSPS) is 17.8. The van der Waals surface area contributed by atoms with Crippen molar-refractivity contribution in [3.63, 3.8) is 0 Å². The lowest BCUT2D eigenvalue weighted by Crippen LogP contribution is -2.58. The average molecular weight is 2140 g/mol. The highest BCUT2D eigenvalue weighted by Gasteiger charge is 2.46. The van der Waals surface area contributed by atoms with E-state index in [1.165, 1.54) is 19.4 Å². The van der Waals surface area contributed by atoms with Crippen molar-refractivity contribution in [1.29, 1.82) is 10.5 Å². The Kier molecular flexibility index (Phi) is 67.2. The van der Waals surface area contributed by atoms with Crippen LogP contribution >= 0.6 is 31.9 Å². The van der Waals surface area contributed by atoms with Crippen LogP contribution in [0.1, 0.15) is 304 Å². The summed E-state index contributed by atoms with van der Waals surface area (Å²) in [5.74, 6) is -0.169. The number of piperidine rings is 4. The van der Waals surface area contributed by atoms with Crippen LogP contribution in [0.3, 0.4) is 0 Å². The molecule has 4 N–H and O–H groups in total. The van der Waals surface area contributed by atoms with E-state index in [1.54, 1.807) is 126 Å². The number of alkyl carbamates (subject to hydrolysis) is 1. The lowest BCUT2D eigenvalue weighted by molar-refractivity contribution is -0.172. The number of nitriles is 2. The summed E-state index contributed by atoms with van der Waals surface area (Å²) < 4.78 is 68.5. The molecule has 808 valence electrons. The van der Waals surface area contributed by atoms with Gasteiger partial charge in [-0.2, -0.15) is 10.5 Å². The van der Waals surface area contributed by atoms with Gasteiger partial charge in [0.05, 0.1) is 82.0 Å². The van der Waals surface area contributed by atoms with Crippen LogP contribution in [0.4, 0.5) is 4.79 Å². The van der Waals surface area contributed by atoms with E-state index in [-0.39, 0.29) is 81.6 Å². The van der Waals surface area contributed by atoms with Gasteiger partial charge in [0, 0.05) is 105 Å². The van der Waals surface area contributed by atoms with Crippen LogP contribution in [0.25, 0.3) is 4.85 Å². The van der Waals surface area contributed by atoms with E-state index in [2.05, 4.69) is 52.1 Å². The number of carboxylic acid groups (broad SMARTS) is 1. The van der Waals surface area contributed by atoms with Crippen molar-refractivity contribution in [2.45, 2.75) is 337 Å². The number of nitrogens with zero attached hydrogens (tertiary/aromatic N) is 6. The van der Waals surface area contributed by atoms with Gasteiger partial charge in [0.15, 0.2) is 5.41 Å². The lowest BCUT2D eigenvalue weighted by atomic mass is 9.81. The minimum Gasteiger partial charge on any atom is -0.497 e. The Morgan fingerprint density at radius 1 is 0.517 bits per heavy atom. The van der Waals surface area contributed by atoms with Gasteiger partial charge in [-0.05, 0) is 269 Å². The highest BCUT2D eigenvalue weighted by Crippen LogP contribution is 2.37. The molecule has 4 heterocycles. The highest BCUT2D eigenvalue weighted by atomic mass is 79.9. The van der Waals surface area contributed by atoms with E-state index in [4.69, 9.17) is 72.3 Å². The number of hydrogen-bond acceptors (Lipinski definition) is 26. The molecule has 4 aromatic carbocycles. The third kappa shape index (κ3) is 62.3. The van der Waals surface area contributed by atoms with E-state index in [9.17, 15) is 62.6 Å². The SMILES string of the molecule is C.CC(C#N)C(=O)OC(C)(C)C.CC(C)(C)OC(=O)C1(C)CCC(=O)NC1.CCO.CCOC(=O)CCBr.CCOC(=O)CCC(C)(C#N)C(=O)OC(C)(C)C.COc1ccc(CBr)cc1.COc1ccc(CN2CC(C)(C(=O)O)CCC2=O)cc1.COc1ccc(CN2CC(C)(C(=O)OC(C)(C)C)CCC2=O)cc1.COc1ccc(CN2CC(C)(NC(=O)OC(C)(C)C)CCC2=O)cc1.[2H]CC.[2H]CC.[C-]#[N+]CC. The maximum absolute atomic E-state index is 12.5. The van der Waals surface area contributed by atoms with Gasteiger partial charge >= 0.3 is 47.9 Å². The number of alkyl halides is 2. The second-order valence-electron chi connectivity index (χ2n) is 38.9. The zero-order valence-electron chi connectivity index (χ0n) is 92.4. The summed E-state index contributed by atoms with van der Waals surface area (Å²) >= 11 is 6.48. The number of benzene rings is 4. The summed E-state index contributed by atoms with van der Waals surface area (Å²) in [4.78, 5) is 148. The van der Waals surface area contributed by atoms with E-state index in [0.29, 0.717) is 129 Å². The summed E-state index contributed by atoms with van der Waals surface area (Å²) in [5.41, 5.74) is -2.32. The van der Waals surface area contributed by atoms with Crippen LogP contribution in [0.5, 0.6) is 23.0 Å². The van der Waals surface area contributed by atoms with Crippen molar-refractivity contribution in [2.24, 2.45) is 27.6 Å². The lowest BCUT2D eigenvalue weighted by Gasteiger charge is -2.41. The molecule has 4 saturated heterocycles. The number of halogens is 2. The second kappa shape index (κ2) is 70.6. The van der Waals surface area contributed by atoms with Crippen LogP contribution in [0.2, 0.25) is 0 Å². The molecule has 0 saturated carbocycles. The summed E-state index contributed by atoms with van der Waals surface area (Å²) in [7, 11) is 6.51. The Labute approximate surface area is 873 Å². The van der Waals surface area contributed by atoms with Crippen molar-refractivity contribution >= 4 is 103 Å². The fourth-order valence-corrected chi connectivity index (χ4v) is 12.8. The molecule has 0 bridgehead atoms. The van der Waals surface area contributed by atoms with Crippen LogP contribution in [-0.4, -0.2) is 216 Å². The summed E-state index contributed by atoms with van der Waals surface area (Å²) in [6.45, 7) is 59.7. The van der Waals surface area contributed by atoms with Gasteiger partial charge in [0.1, 0.15) is 56.9 Å². The van der Waals surface area contributed by atoms with E-state index < -0.39 is 91.1 Å². The number of carbonyl (C=O) groups excluding carboxylic acids is 11. The smallest absolute Gasteiger partial charge is 0.408 e. The zero-order valence-corrected chi connectivity index (χ0v) is 93.6. The minimum atomic E-state index is -1.32. The first kappa shape index (κ1) is 136. The number of nitrogens with one attached hydrogen (secondary N) is 2. The zero-order chi connectivity index (χ0) is 112. The monoisotopic (exact) mass is 2140 g/mol. The molecular weight excluding hydrogens is 1970 g/mol. The fraction of sp³-hybridized carbons (Fsp3) is 0.639. The summed E-state index contributed by atoms with van der Waals surface area (Å²) in [5, 5.41) is 41.5. The number of aliphatic hydroxyl groups excluding tert-OH is 1. The van der Waals surface area contributed by atoms with Gasteiger partial charge in [-0.15, -0.1) is 0 Å². The molecular formula is C108H172Br2N8O25. The van der Waals surface area contributed by atoms with Crippen molar-refractivity contribution in [3.05, 3.63) is 131 Å². The summed E-state index contributed by atoms with van der Waals surface area (Å²) in [6.07, 6.45) is 3.69. The van der Waals surface area contributed by atoms with E-state index in [0.717, 1.165) is 45.0 Å². The predicted octanol–water partition coefficient (Wildman–Crippen LogP) is 20.6. The predicted molar refractivity (Wildman–Crippen MR) is 563 cm³/mol. The van der Waals surface area contributed by atoms with Crippen molar-refractivity contribution in [2.75, 3.05) is 86.3 Å². The van der Waals surface area contributed by atoms with Gasteiger partial charge < -0.3 is 92.5 Å². The van der Waals surface area contributed by atoms with Gasteiger partial charge in [-0.25, -0.2) is 11.4 Å². The Hall–Kier alpha value is -11.1. The van der Waals surface area contributed by atoms with E-state index in [1.807, 2.05) is 199 Å². The standard InChI is InChI=1S/C19H28N2O4.C19H27NO4.C15H19NO4.C13H21NO4.C11H19NO3.C8H9BrO.C8H13NO2.C5H9BrO2.C3H5N.C2H6O.2C2H6.CH4/c1-18(2,3)25-17(23)20-19(4)11-10-16(22)21(13-19)12-14-6-8-15(24-5)9-7-14;1-18(2,3)24-17(22)19(4)11-10-16(21)20(13-19)12-14-6-8-15(23-5)9-7-14;1-15(14(18)19)8-7-13(17)16(10-15)9-11-3-5-12(20-2)6-4-11;1-6-17-10(15)7-8-13(5,9-14)11(16)18-12(2,3)4;1-10(2,3)15-9(14)11(4)6-5-8(13)12-7-11;1-10-8-4-2-7(6-9)3-5-8;1-6(5-9)7(10)11-8(2,3)4;1-2-8-5(7)3-4-6;1-3-4-2;1-2-3;2*1-2;/h6-9H,10-13H2,1-5H3,(H,20,23);6-9H,10-13H2,1-5H3;3-6H,7-10H2,1-2H3,(H,18,19);6-8H2,1-5H3;5-7H2,1-4H3,(H,12,13);2-5H,6H2,1H3;6H,1-4H3;2-4H2,1H3;3H2,1H3;3H,2H2,1H3;2*1-2H3;1H4/i;;;;;;;;;;2*1D;. The number of likely N-dealkylation sites (tertiary alicyclic amines) is 3. The quantitative estimate of drug-likeness (QED) is 0.0219. The van der Waals surface area contributed by atoms with Gasteiger partial charge in [-0.1, -0.05) is 115 Å². The van der Waals surface area contributed by atoms with Crippen LogP contribution in [-0.2, 0) is 111 Å². The third-order valence-electron chi connectivity index (χ3n) is 19.9. The van der Waals surface area contributed by atoms with Crippen LogP contribution in [0.15, 0.2) is 97.1 Å². The fourth-order valence-electron chi connectivity index (χ4n) is 12.2. The first-order chi connectivity index (χ1) is 66.7. The van der Waals surface area contributed by atoms with Gasteiger partial charge in [-0.3, -0.25) is 52.7 Å². The molecule has 0 spiro atoms. The van der Waals surface area contributed by atoms with Crippen molar-refractivity contribution in [1.82, 2.24) is 25.3 Å². The molecule has 4 aliphatic rings. The van der Waals surface area contributed by atoms with Crippen molar-refractivity contribution < 1.29 is 123 Å². The molecule has 6 unspecified atom stereocenters. The topological polar surface area (TPSA) is 433 Å². The number of aliphatic carboxylic acids is 1. The Balaban J connectivity index is -0.000000515. The number of esters is 6. The van der Waals surface area contributed by atoms with Crippen LogP contribution < -0.4 is 29.6 Å². The molecule has 0 aliphatic carbocycles. The second-order valence-corrected chi connectivity index (χ2v) is 40.3. The molecule has 35 heteroatoms. The number of ether oxygens (including phenoxy) is 11. The number of carbonyl (C=O) groups is 12. The Morgan fingerprint density at radius 3 is 1.14 bits per heavy atom. The number of rotatable bonds is 24. The van der Waals surface area contributed by atoms with Gasteiger partial charge in [0.2, 0.25) is 30.2 Å². The number of hydrogen-bond donors (Lipinski definition) is 4. The van der Waals surface area contributed by atoms with Crippen LogP contribution in [0, 0.1) is 56.8 Å². The molecule has 143 heavy (non-hydrogen) atoms. The number of carboxylic acids is 1. The Morgan fingerprint density at radius 2 is 0.839 bits per heavy atom. The maximum Gasteiger partial charge on any atom is 0.408 e.